The molecule has 1 aliphatic heterocycles. The Bertz CT molecular complexity index is 1650. The molecule has 45 heavy (non-hydrogen) atoms. The van der Waals surface area contributed by atoms with Crippen molar-refractivity contribution in [3.8, 4) is 21.3 Å². The number of aromatic nitrogens is 3. The maximum Gasteiger partial charge on any atom is 0.404 e. The number of piperidine rings is 1. The highest BCUT2D eigenvalue weighted by Gasteiger charge is 2.42. The lowest BCUT2D eigenvalue weighted by Gasteiger charge is -2.28. The number of nitrogens with one attached hydrogen (secondary N) is 1. The van der Waals surface area contributed by atoms with Gasteiger partial charge in [0.2, 0.25) is 21.7 Å². The van der Waals surface area contributed by atoms with E-state index >= 15 is 4.39 Å². The van der Waals surface area contributed by atoms with Crippen molar-refractivity contribution in [3.63, 3.8) is 0 Å². The Morgan fingerprint density at radius 3 is 2.40 bits per heavy atom. The first-order valence-electron chi connectivity index (χ1n) is 13.5. The summed E-state index contributed by atoms with van der Waals surface area (Å²) in [5, 5.41) is 13.7. The Labute approximate surface area is 256 Å². The maximum atomic E-state index is 15.6. The summed E-state index contributed by atoms with van der Waals surface area (Å²) in [6.07, 6.45) is -10.8. The number of nitrogens with zero attached hydrogens (tertiary/aromatic N) is 4. The minimum absolute atomic E-state index is 0.00361. The van der Waals surface area contributed by atoms with Crippen molar-refractivity contribution in [2.45, 2.75) is 81.8 Å². The Kier molecular flexibility index (Phi) is 9.96. The van der Waals surface area contributed by atoms with Crippen LogP contribution in [0.25, 0.3) is 21.3 Å². The second-order valence-corrected chi connectivity index (χ2v) is 13.6. The van der Waals surface area contributed by atoms with Gasteiger partial charge in [-0.2, -0.15) is 22.9 Å². The topological polar surface area (TPSA) is 139 Å². The van der Waals surface area contributed by atoms with Crippen molar-refractivity contribution in [2.24, 2.45) is 0 Å². The molecule has 248 valence electrons. The first kappa shape index (κ1) is 34.7. The molecule has 2 aromatic heterocycles. The number of aliphatic hydroxyl groups is 1. The van der Waals surface area contributed by atoms with Gasteiger partial charge in [-0.25, -0.2) is 31.0 Å². The molecule has 1 unspecified atom stereocenters. The smallest absolute Gasteiger partial charge is 0.390 e. The number of rotatable bonds is 10. The number of alkyl halides is 6. The molecule has 1 aliphatic rings. The molecular formula is C26H28F7N5O5S2. The highest BCUT2D eigenvalue weighted by atomic mass is 32.2. The van der Waals surface area contributed by atoms with E-state index in [-0.39, 0.29) is 54.0 Å². The molecule has 10 nitrogen and oxygen atoms in total. The van der Waals surface area contributed by atoms with E-state index in [1.54, 1.807) is 0 Å². The molecule has 1 fully saturated rings. The number of benzene rings is 1. The number of likely N-dealkylation sites (tertiary alicyclic amines) is 1. The summed E-state index contributed by atoms with van der Waals surface area (Å²) < 4.78 is 130. The average molecular weight is 688 g/mol. The Morgan fingerprint density at radius 2 is 1.84 bits per heavy atom. The predicted octanol–water partition coefficient (Wildman–Crippen LogP) is 5.44. The number of hydrogen-bond acceptors (Lipinski definition) is 9. The van der Waals surface area contributed by atoms with Crippen LogP contribution in [0.4, 0.5) is 30.7 Å². The number of carbonyl (C=O) groups is 1. The van der Waals surface area contributed by atoms with Crippen LogP contribution < -0.4 is 4.72 Å². The molecule has 3 aromatic rings. The van der Waals surface area contributed by atoms with Gasteiger partial charge in [-0.05, 0) is 39.2 Å². The van der Waals surface area contributed by atoms with Crippen molar-refractivity contribution >= 4 is 27.3 Å². The molecule has 0 spiro atoms. The van der Waals surface area contributed by atoms with Crippen LogP contribution in [-0.2, 0) is 16.4 Å². The first-order chi connectivity index (χ1) is 20.8. The maximum absolute atomic E-state index is 15.6. The Hall–Kier alpha value is -3.16. The normalized spacial score (nSPS) is 16.0. The van der Waals surface area contributed by atoms with Gasteiger partial charge in [0.1, 0.15) is 22.8 Å². The molecule has 0 aliphatic carbocycles. The van der Waals surface area contributed by atoms with Crippen LogP contribution >= 0.6 is 11.3 Å². The molecule has 1 aromatic carbocycles. The van der Waals surface area contributed by atoms with Gasteiger partial charge in [-0.15, -0.1) is 11.3 Å². The van der Waals surface area contributed by atoms with Crippen molar-refractivity contribution in [3.05, 3.63) is 35.1 Å². The second kappa shape index (κ2) is 12.9. The zero-order valence-corrected chi connectivity index (χ0v) is 25.6. The molecule has 1 saturated heterocycles. The number of thiazole rings is 1. The fraction of sp³-hybridized carbons (Fsp3) is 0.538. The lowest BCUT2D eigenvalue weighted by atomic mass is 10.0. The van der Waals surface area contributed by atoms with Crippen LogP contribution in [-0.4, -0.2) is 76.5 Å². The van der Waals surface area contributed by atoms with Gasteiger partial charge in [-0.1, -0.05) is 18.1 Å². The lowest BCUT2D eigenvalue weighted by molar-refractivity contribution is -0.151. The van der Waals surface area contributed by atoms with Gasteiger partial charge in [0, 0.05) is 18.7 Å². The van der Waals surface area contributed by atoms with Crippen molar-refractivity contribution < 1.29 is 53.6 Å². The van der Waals surface area contributed by atoms with Crippen LogP contribution in [0.2, 0.25) is 0 Å². The molecule has 4 rings (SSSR count). The van der Waals surface area contributed by atoms with Crippen LogP contribution in [0.5, 0.6) is 0 Å². The number of amides is 1. The zero-order chi connectivity index (χ0) is 33.5. The minimum atomic E-state index is -5.29. The van der Waals surface area contributed by atoms with Gasteiger partial charge >= 0.3 is 6.18 Å². The average Bonchev–Trinajstić information content (AvgIpc) is 3.57. The van der Waals surface area contributed by atoms with Gasteiger partial charge in [0.15, 0.2) is 10.8 Å². The molecule has 0 radical (unpaired) electrons. The molecular weight excluding hydrogens is 659 g/mol. The van der Waals surface area contributed by atoms with Crippen LogP contribution in [0.1, 0.15) is 68.4 Å². The summed E-state index contributed by atoms with van der Waals surface area (Å²) in [6.45, 7) is 3.89. The lowest BCUT2D eigenvalue weighted by Crippen LogP contribution is -2.45. The van der Waals surface area contributed by atoms with E-state index in [1.165, 1.54) is 23.5 Å². The third-order valence-electron chi connectivity index (χ3n) is 6.78. The third-order valence-corrected chi connectivity index (χ3v) is 9.36. The number of halogens is 7. The van der Waals surface area contributed by atoms with E-state index < -0.39 is 80.3 Å². The van der Waals surface area contributed by atoms with Gasteiger partial charge in [0.05, 0.1) is 22.5 Å². The van der Waals surface area contributed by atoms with E-state index in [2.05, 4.69) is 15.1 Å². The number of carbonyl (C=O) groups excluding carboxylic acids is 1. The molecule has 0 bridgehead atoms. The standard InChI is InChI=1S/C26H28F7N5O5S2/c1-4-15(26(31,32)33)37-45(41,42)14-6-5-13(17(18(14)28)21(29)30)20-19(24(39)38-9-7-12(27)8-10-38)35-23(44-20)22-34-16(43-36-22)11-25(2,3)40/h5-6,12,15,21,37,40H,4,7-11H2,1-3H3. The zero-order valence-electron chi connectivity index (χ0n) is 24.0. The molecule has 0 saturated carbocycles. The summed E-state index contributed by atoms with van der Waals surface area (Å²) in [7, 11) is -5.29. The van der Waals surface area contributed by atoms with E-state index in [0.717, 1.165) is 13.0 Å². The van der Waals surface area contributed by atoms with Crippen LogP contribution in [0.3, 0.4) is 0 Å². The van der Waals surface area contributed by atoms with Crippen molar-refractivity contribution in [1.82, 2.24) is 24.7 Å². The van der Waals surface area contributed by atoms with Gasteiger partial charge < -0.3 is 14.5 Å². The number of sulfonamides is 1. The molecule has 19 heteroatoms. The fourth-order valence-electron chi connectivity index (χ4n) is 4.55. The summed E-state index contributed by atoms with van der Waals surface area (Å²) in [6, 6.07) is -1.36. The first-order valence-corrected chi connectivity index (χ1v) is 15.8. The Morgan fingerprint density at radius 1 is 1.20 bits per heavy atom. The van der Waals surface area contributed by atoms with Crippen LogP contribution in [0.15, 0.2) is 21.6 Å². The predicted molar refractivity (Wildman–Crippen MR) is 146 cm³/mol. The summed E-state index contributed by atoms with van der Waals surface area (Å²) >= 11 is 0.567. The van der Waals surface area contributed by atoms with Gasteiger partial charge in [0.25, 0.3) is 12.3 Å². The highest BCUT2D eigenvalue weighted by molar-refractivity contribution is 7.89. The second-order valence-electron chi connectivity index (χ2n) is 10.9. The van der Waals surface area contributed by atoms with Crippen molar-refractivity contribution in [2.75, 3.05) is 13.1 Å². The van der Waals surface area contributed by atoms with E-state index in [4.69, 9.17) is 4.52 Å². The quantitative estimate of drug-likeness (QED) is 0.269. The van der Waals surface area contributed by atoms with Crippen LogP contribution in [0, 0.1) is 5.82 Å². The van der Waals surface area contributed by atoms with Crippen molar-refractivity contribution in [1.29, 1.82) is 0 Å². The van der Waals surface area contributed by atoms with E-state index in [9.17, 15) is 44.7 Å². The molecule has 2 N–H and O–H groups in total. The van der Waals surface area contributed by atoms with Gasteiger partial charge in [-0.3, -0.25) is 4.79 Å². The molecule has 1 amide bonds. The summed E-state index contributed by atoms with van der Waals surface area (Å²) in [5.41, 5.74) is -3.88. The molecule has 1 atom stereocenters. The third kappa shape index (κ3) is 7.81. The fourth-order valence-corrected chi connectivity index (χ4v) is 6.97. The summed E-state index contributed by atoms with van der Waals surface area (Å²) in [5.74, 6) is -3.08. The number of hydrogen-bond donors (Lipinski definition) is 2. The van der Waals surface area contributed by atoms with E-state index in [0.29, 0.717) is 17.4 Å². The largest absolute Gasteiger partial charge is 0.404 e. The monoisotopic (exact) mass is 687 g/mol. The summed E-state index contributed by atoms with van der Waals surface area (Å²) in [4.78, 5) is 21.3. The Balaban J connectivity index is 1.85. The van der Waals surface area contributed by atoms with E-state index in [1.807, 2.05) is 0 Å². The minimum Gasteiger partial charge on any atom is -0.390 e. The SMILES string of the molecule is CCC(NS(=O)(=O)c1ccc(-c2sc(-c3noc(CC(C)(C)O)n3)nc2C(=O)N2CCC(F)CC2)c(C(F)F)c1F)C(F)(F)F. The molecule has 3 heterocycles. The highest BCUT2D eigenvalue weighted by Crippen LogP contribution is 2.42.